The standard InChI is InChI=1S/C32H50N8O9/c1-6-17(5)26(31(47)38-22(15-24(35)42)29(45)39-25(16(3)4)32(48)49)40-30(46)21(14-23(34)41)37-28(44)20(7-2)36-27(43)19(33)13-18-11-9-8-10-12-18/h8-12,16-17,19-22,25-26H,6-7,13-15,33H2,1-5H3,(H2,34,41)(H2,35,42)(H,36,43)(H,37,44)(H,38,47)(H,39,45)(H,40,46)(H,48,49)/t17-,19-,20-,21-,22-,25-,26-/m0/s1. The number of carboxylic acid groups (broad SMARTS) is 1. The minimum atomic E-state index is -1.59. The molecule has 0 aliphatic heterocycles. The van der Waals surface area contributed by atoms with Gasteiger partial charge in [0, 0.05) is 0 Å². The van der Waals surface area contributed by atoms with E-state index in [0.29, 0.717) is 6.42 Å². The number of hydrogen-bond acceptors (Lipinski definition) is 9. The molecular formula is C32H50N8O9. The number of carboxylic acids is 1. The fourth-order valence-corrected chi connectivity index (χ4v) is 4.67. The Hall–Kier alpha value is -5.06. The van der Waals surface area contributed by atoms with E-state index in [2.05, 4.69) is 26.6 Å². The van der Waals surface area contributed by atoms with Crippen molar-refractivity contribution < 1.29 is 43.5 Å². The average molecular weight is 691 g/mol. The van der Waals surface area contributed by atoms with E-state index >= 15 is 0 Å². The first kappa shape index (κ1) is 42.0. The van der Waals surface area contributed by atoms with Crippen LogP contribution in [0.5, 0.6) is 0 Å². The molecule has 0 fully saturated rings. The summed E-state index contributed by atoms with van der Waals surface area (Å²) in [6.07, 6.45) is -0.706. The smallest absolute Gasteiger partial charge is 0.326 e. The highest BCUT2D eigenvalue weighted by molar-refractivity contribution is 5.98. The lowest BCUT2D eigenvalue weighted by Gasteiger charge is -2.29. The van der Waals surface area contributed by atoms with E-state index in [-0.39, 0.29) is 12.8 Å². The highest BCUT2D eigenvalue weighted by Crippen LogP contribution is 2.11. The fraction of sp³-hybridized carbons (Fsp3) is 0.562. The Bertz CT molecular complexity index is 1340. The molecule has 0 saturated carbocycles. The summed E-state index contributed by atoms with van der Waals surface area (Å²) >= 11 is 0. The van der Waals surface area contributed by atoms with Crippen LogP contribution in [0.1, 0.15) is 65.9 Å². The van der Waals surface area contributed by atoms with Crippen LogP contribution in [0.4, 0.5) is 0 Å². The number of nitrogens with two attached hydrogens (primary N) is 3. The van der Waals surface area contributed by atoms with Gasteiger partial charge in [0.25, 0.3) is 0 Å². The number of carbonyl (C=O) groups is 8. The summed E-state index contributed by atoms with van der Waals surface area (Å²) in [4.78, 5) is 101. The monoisotopic (exact) mass is 690 g/mol. The molecule has 17 heteroatoms. The SMILES string of the molecule is CC[C@H](NC(=O)[C@@H](N)Cc1ccccc1)C(=O)N[C@@H](CC(N)=O)C(=O)N[C@H](C(=O)N[C@@H](CC(N)=O)C(=O)N[C@H](C(=O)O)C(C)C)[C@@H](C)CC. The van der Waals surface area contributed by atoms with Crippen molar-refractivity contribution in [3.8, 4) is 0 Å². The summed E-state index contributed by atoms with van der Waals surface area (Å²) in [6.45, 7) is 8.03. The first-order chi connectivity index (χ1) is 22.9. The topological polar surface area (TPSA) is 295 Å². The minimum absolute atomic E-state index is 0.0985. The average Bonchev–Trinajstić information content (AvgIpc) is 3.02. The van der Waals surface area contributed by atoms with Gasteiger partial charge in [0.1, 0.15) is 30.2 Å². The van der Waals surface area contributed by atoms with Gasteiger partial charge in [0.2, 0.25) is 41.4 Å². The van der Waals surface area contributed by atoms with Crippen LogP contribution in [0.3, 0.4) is 0 Å². The summed E-state index contributed by atoms with van der Waals surface area (Å²) in [5, 5.41) is 21.5. The third kappa shape index (κ3) is 14.3. The number of amides is 7. The zero-order valence-corrected chi connectivity index (χ0v) is 28.5. The molecule has 12 N–H and O–H groups in total. The first-order valence-corrected chi connectivity index (χ1v) is 16.0. The minimum Gasteiger partial charge on any atom is -0.480 e. The number of aliphatic carboxylic acids is 1. The molecule has 0 aliphatic carbocycles. The van der Waals surface area contributed by atoms with Gasteiger partial charge in [-0.1, -0.05) is 71.4 Å². The molecule has 1 aromatic rings. The Kier molecular flexibility index (Phi) is 17.4. The maximum atomic E-state index is 13.5. The maximum absolute atomic E-state index is 13.5. The molecule has 0 radical (unpaired) electrons. The summed E-state index contributed by atoms with van der Waals surface area (Å²) in [5.74, 6) is -8.70. The summed E-state index contributed by atoms with van der Waals surface area (Å²) < 4.78 is 0. The van der Waals surface area contributed by atoms with Gasteiger partial charge < -0.3 is 48.9 Å². The molecule has 0 aliphatic rings. The molecule has 1 rings (SSSR count). The second-order valence-electron chi connectivity index (χ2n) is 12.2. The summed E-state index contributed by atoms with van der Waals surface area (Å²) in [5.41, 5.74) is 17.5. The molecule has 7 amide bonds. The lowest BCUT2D eigenvalue weighted by molar-refractivity contribution is -0.143. The Morgan fingerprint density at radius 1 is 0.633 bits per heavy atom. The van der Waals surface area contributed by atoms with Gasteiger partial charge in [-0.25, -0.2) is 4.79 Å². The first-order valence-electron chi connectivity index (χ1n) is 16.0. The Morgan fingerprint density at radius 3 is 1.51 bits per heavy atom. The van der Waals surface area contributed by atoms with Crippen molar-refractivity contribution in [3.63, 3.8) is 0 Å². The molecule has 0 unspecified atom stereocenters. The van der Waals surface area contributed by atoms with Gasteiger partial charge in [-0.15, -0.1) is 0 Å². The van der Waals surface area contributed by atoms with Gasteiger partial charge in [-0.05, 0) is 30.2 Å². The number of primary amides is 2. The van der Waals surface area contributed by atoms with Crippen molar-refractivity contribution in [1.82, 2.24) is 26.6 Å². The van der Waals surface area contributed by atoms with Crippen LogP contribution >= 0.6 is 0 Å². The summed E-state index contributed by atoms with van der Waals surface area (Å²) in [7, 11) is 0. The number of rotatable bonds is 21. The van der Waals surface area contributed by atoms with Crippen LogP contribution in [-0.4, -0.2) is 88.7 Å². The number of benzene rings is 1. The van der Waals surface area contributed by atoms with Crippen LogP contribution in [0.15, 0.2) is 30.3 Å². The molecule has 0 spiro atoms. The van der Waals surface area contributed by atoms with Crippen molar-refractivity contribution in [3.05, 3.63) is 35.9 Å². The van der Waals surface area contributed by atoms with Crippen LogP contribution < -0.4 is 43.8 Å². The van der Waals surface area contributed by atoms with Crippen LogP contribution in [-0.2, 0) is 44.8 Å². The molecule has 0 heterocycles. The largest absolute Gasteiger partial charge is 0.480 e. The van der Waals surface area contributed by atoms with Crippen molar-refractivity contribution >= 4 is 47.3 Å². The second-order valence-corrected chi connectivity index (χ2v) is 12.2. The van der Waals surface area contributed by atoms with E-state index in [1.54, 1.807) is 58.9 Å². The Morgan fingerprint density at radius 2 is 1.08 bits per heavy atom. The normalized spacial score (nSPS) is 15.2. The Labute approximate surface area is 285 Å². The molecule has 7 atom stereocenters. The summed E-state index contributed by atoms with van der Waals surface area (Å²) in [6, 6.07) is 1.03. The molecule has 17 nitrogen and oxygen atoms in total. The molecule has 0 saturated heterocycles. The zero-order valence-electron chi connectivity index (χ0n) is 28.5. The Balaban J connectivity index is 3.14. The van der Waals surface area contributed by atoms with Gasteiger partial charge >= 0.3 is 5.97 Å². The number of nitrogens with one attached hydrogen (secondary N) is 5. The van der Waals surface area contributed by atoms with Gasteiger partial charge in [-0.2, -0.15) is 0 Å². The van der Waals surface area contributed by atoms with E-state index in [9.17, 15) is 43.5 Å². The molecule has 1 aromatic carbocycles. The van der Waals surface area contributed by atoms with E-state index in [1.165, 1.54) is 0 Å². The van der Waals surface area contributed by atoms with E-state index < -0.39 is 108 Å². The van der Waals surface area contributed by atoms with E-state index in [1.807, 2.05) is 6.07 Å². The quantitative estimate of drug-likeness (QED) is 0.0679. The van der Waals surface area contributed by atoms with Crippen LogP contribution in [0.2, 0.25) is 0 Å². The molecule has 0 bridgehead atoms. The zero-order chi connectivity index (χ0) is 37.4. The molecule has 0 aromatic heterocycles. The van der Waals surface area contributed by atoms with E-state index in [0.717, 1.165) is 5.56 Å². The molecule has 49 heavy (non-hydrogen) atoms. The predicted octanol–water partition coefficient (Wildman–Crippen LogP) is -2.07. The highest BCUT2D eigenvalue weighted by Gasteiger charge is 2.35. The van der Waals surface area contributed by atoms with Crippen molar-refractivity contribution in [2.24, 2.45) is 29.0 Å². The van der Waals surface area contributed by atoms with Crippen molar-refractivity contribution in [1.29, 1.82) is 0 Å². The van der Waals surface area contributed by atoms with E-state index in [4.69, 9.17) is 17.2 Å². The highest BCUT2D eigenvalue weighted by atomic mass is 16.4. The van der Waals surface area contributed by atoms with Gasteiger partial charge in [0.05, 0.1) is 18.9 Å². The van der Waals surface area contributed by atoms with Gasteiger partial charge in [0.15, 0.2) is 0 Å². The van der Waals surface area contributed by atoms with Crippen LogP contribution in [0.25, 0.3) is 0 Å². The third-order valence-corrected chi connectivity index (χ3v) is 7.78. The second kappa shape index (κ2) is 20.3. The molecule has 272 valence electrons. The number of hydrogen-bond donors (Lipinski definition) is 9. The van der Waals surface area contributed by atoms with Crippen molar-refractivity contribution in [2.45, 2.75) is 103 Å². The molecular weight excluding hydrogens is 640 g/mol. The lowest BCUT2D eigenvalue weighted by atomic mass is 9.96. The fourth-order valence-electron chi connectivity index (χ4n) is 4.67. The third-order valence-electron chi connectivity index (χ3n) is 7.78. The predicted molar refractivity (Wildman–Crippen MR) is 178 cm³/mol. The van der Waals surface area contributed by atoms with Crippen molar-refractivity contribution in [2.75, 3.05) is 0 Å². The maximum Gasteiger partial charge on any atom is 0.326 e. The lowest BCUT2D eigenvalue weighted by Crippen LogP contribution is -2.61. The van der Waals surface area contributed by atoms with Gasteiger partial charge in [-0.3, -0.25) is 33.6 Å². The van der Waals surface area contributed by atoms with Crippen LogP contribution in [0, 0.1) is 11.8 Å². The number of carbonyl (C=O) groups excluding carboxylic acids is 7.